The first-order chi connectivity index (χ1) is 18.9. The molecule has 0 bridgehead atoms. The van der Waals surface area contributed by atoms with E-state index in [0.29, 0.717) is 0 Å². The van der Waals surface area contributed by atoms with E-state index in [1.807, 2.05) is 50.4 Å². The van der Waals surface area contributed by atoms with Gasteiger partial charge in [0, 0.05) is 47.7 Å². The number of nitrogens with one attached hydrogen (secondary N) is 2. The highest BCUT2D eigenvalue weighted by atomic mass is 16.3. The van der Waals surface area contributed by atoms with E-state index in [-0.39, 0.29) is 30.1 Å². The summed E-state index contributed by atoms with van der Waals surface area (Å²) in [6, 6.07) is 14.6. The molecular formula is C32H41N3O4. The van der Waals surface area contributed by atoms with E-state index in [1.165, 1.54) is 30.4 Å². The summed E-state index contributed by atoms with van der Waals surface area (Å²) in [5, 5.41) is 11.2. The fourth-order valence-electron chi connectivity index (χ4n) is 5.96. The molecule has 1 aromatic heterocycles. The van der Waals surface area contributed by atoms with Crippen LogP contribution in [0.4, 0.5) is 0 Å². The lowest BCUT2D eigenvalue weighted by Gasteiger charge is -2.30. The maximum Gasteiger partial charge on any atom is 0.290 e. The molecule has 2 aromatic carbocycles. The highest BCUT2D eigenvalue weighted by molar-refractivity contribution is 6.06. The molecule has 1 saturated carbocycles. The first-order valence-corrected chi connectivity index (χ1v) is 14.2. The number of nitrogens with zero attached hydrogens (tertiary/aromatic N) is 1. The van der Waals surface area contributed by atoms with Crippen LogP contribution in [0.5, 0.6) is 0 Å². The summed E-state index contributed by atoms with van der Waals surface area (Å²) in [5.74, 6) is 1.07. The minimum Gasteiger partial charge on any atom is -0.483 e. The Morgan fingerprint density at radius 1 is 1.05 bits per heavy atom. The number of ketones is 1. The number of hydrogen-bond donors (Lipinski definition) is 3. The predicted octanol–water partition coefficient (Wildman–Crippen LogP) is 5.49. The molecule has 1 amide bonds. The fourth-order valence-corrected chi connectivity index (χ4v) is 5.96. The minimum atomic E-state index is -0.250. The zero-order valence-electron chi connectivity index (χ0n) is 23.1. The Morgan fingerprint density at radius 2 is 1.74 bits per heavy atom. The summed E-state index contributed by atoms with van der Waals surface area (Å²) in [6.07, 6.45) is 9.67. The van der Waals surface area contributed by atoms with Gasteiger partial charge in [0.1, 0.15) is 0 Å². The standard InChI is InChI=1S/C31H39N3O2.CH2O2/c1-21(2)30(35)25-10-9-23-14-17-34(18-15-24(23)19-25)16-13-22-7-11-26(12-8-22)33-31(36)28-20-32-29-6-4-3-5-27(28)29;2-1-3/h3-6,9-10,19-22,26,32H,7-8,11-18H2,1-2H3,(H,33,36);1H,(H,2,3)/t22-,26-;. The number of carboxylic acid groups (broad SMARTS) is 1. The molecule has 0 unspecified atom stereocenters. The zero-order chi connectivity index (χ0) is 27.8. The van der Waals surface area contributed by atoms with Crippen LogP contribution in [0.25, 0.3) is 10.9 Å². The van der Waals surface area contributed by atoms with Crippen LogP contribution in [0, 0.1) is 11.8 Å². The number of aromatic nitrogens is 1. The fraction of sp³-hybridized carbons (Fsp3) is 0.469. The van der Waals surface area contributed by atoms with E-state index >= 15 is 0 Å². The average molecular weight is 532 g/mol. The number of rotatable bonds is 7. The summed E-state index contributed by atoms with van der Waals surface area (Å²) < 4.78 is 0. The topological polar surface area (TPSA) is 103 Å². The van der Waals surface area contributed by atoms with E-state index in [9.17, 15) is 9.59 Å². The van der Waals surface area contributed by atoms with Gasteiger partial charge in [0.15, 0.2) is 5.78 Å². The third-order valence-corrected chi connectivity index (χ3v) is 8.28. The van der Waals surface area contributed by atoms with Gasteiger partial charge in [-0.1, -0.05) is 44.2 Å². The number of fused-ring (bicyclic) bond motifs is 2. The molecule has 1 aliphatic carbocycles. The first-order valence-electron chi connectivity index (χ1n) is 14.2. The number of benzene rings is 2. The monoisotopic (exact) mass is 531 g/mol. The number of para-hydroxylation sites is 1. The van der Waals surface area contributed by atoms with Gasteiger partial charge in [0.05, 0.1) is 5.56 Å². The third kappa shape index (κ3) is 7.35. The van der Waals surface area contributed by atoms with E-state index < -0.39 is 0 Å². The molecule has 2 aliphatic rings. The van der Waals surface area contributed by atoms with Gasteiger partial charge in [-0.3, -0.25) is 14.4 Å². The summed E-state index contributed by atoms with van der Waals surface area (Å²) in [4.78, 5) is 39.5. The molecule has 0 saturated heterocycles. The van der Waals surface area contributed by atoms with Crippen LogP contribution in [0.15, 0.2) is 48.7 Å². The normalized spacial score (nSPS) is 19.5. The molecule has 0 atom stereocenters. The minimum absolute atomic E-state index is 0.0401. The lowest BCUT2D eigenvalue weighted by Crippen LogP contribution is -2.38. The van der Waals surface area contributed by atoms with Crippen molar-refractivity contribution in [3.8, 4) is 0 Å². The van der Waals surface area contributed by atoms with Crippen LogP contribution in [0.3, 0.4) is 0 Å². The molecule has 39 heavy (non-hydrogen) atoms. The molecule has 208 valence electrons. The van der Waals surface area contributed by atoms with Gasteiger partial charge in [-0.15, -0.1) is 0 Å². The van der Waals surface area contributed by atoms with Crippen molar-refractivity contribution < 1.29 is 19.5 Å². The van der Waals surface area contributed by atoms with Crippen molar-refractivity contribution >= 4 is 29.1 Å². The molecule has 2 heterocycles. The molecule has 7 heteroatoms. The molecule has 0 radical (unpaired) electrons. The van der Waals surface area contributed by atoms with E-state index in [2.05, 4.69) is 27.3 Å². The number of H-pyrrole nitrogens is 1. The van der Waals surface area contributed by atoms with Crippen molar-refractivity contribution in [1.29, 1.82) is 0 Å². The quantitative estimate of drug-likeness (QED) is 0.277. The van der Waals surface area contributed by atoms with Gasteiger partial charge < -0.3 is 20.3 Å². The Labute approximate surface area is 231 Å². The van der Waals surface area contributed by atoms with Crippen molar-refractivity contribution in [2.24, 2.45) is 11.8 Å². The Balaban J connectivity index is 0.00000112. The van der Waals surface area contributed by atoms with Crippen LogP contribution in [-0.2, 0) is 17.6 Å². The van der Waals surface area contributed by atoms with Crippen molar-refractivity contribution in [2.75, 3.05) is 19.6 Å². The van der Waals surface area contributed by atoms with E-state index in [1.54, 1.807) is 0 Å². The lowest BCUT2D eigenvalue weighted by atomic mass is 9.84. The lowest BCUT2D eigenvalue weighted by molar-refractivity contribution is -0.122. The molecule has 3 N–H and O–H groups in total. The maximum absolute atomic E-state index is 12.9. The van der Waals surface area contributed by atoms with Crippen molar-refractivity contribution in [2.45, 2.75) is 64.8 Å². The molecule has 0 spiro atoms. The Hall–Kier alpha value is -3.45. The average Bonchev–Trinajstić information content (AvgIpc) is 3.27. The molecule has 3 aromatic rings. The maximum atomic E-state index is 12.9. The second-order valence-corrected chi connectivity index (χ2v) is 11.2. The van der Waals surface area contributed by atoms with E-state index in [4.69, 9.17) is 9.90 Å². The van der Waals surface area contributed by atoms with Crippen LogP contribution in [0.1, 0.15) is 77.8 Å². The van der Waals surface area contributed by atoms with Crippen molar-refractivity contribution in [3.63, 3.8) is 0 Å². The predicted molar refractivity (Wildman–Crippen MR) is 154 cm³/mol. The number of carbonyl (C=O) groups excluding carboxylic acids is 2. The van der Waals surface area contributed by atoms with E-state index in [0.717, 1.165) is 73.3 Å². The highest BCUT2D eigenvalue weighted by Crippen LogP contribution is 2.28. The SMILES string of the molecule is CC(C)C(=O)c1ccc2c(c1)CCN(CC[C@H]1CC[C@H](NC(=O)c3c[nH]c4ccccc34)CC1)CC2.O=CO. The van der Waals surface area contributed by atoms with Gasteiger partial charge in [0.2, 0.25) is 0 Å². The van der Waals surface area contributed by atoms with Gasteiger partial charge >= 0.3 is 0 Å². The van der Waals surface area contributed by atoms with Crippen LogP contribution < -0.4 is 5.32 Å². The van der Waals surface area contributed by atoms with Gasteiger partial charge in [-0.05, 0) is 80.7 Å². The highest BCUT2D eigenvalue weighted by Gasteiger charge is 2.25. The van der Waals surface area contributed by atoms with Gasteiger partial charge in [0.25, 0.3) is 12.4 Å². The molecular weight excluding hydrogens is 490 g/mol. The number of hydrogen-bond acceptors (Lipinski definition) is 4. The summed E-state index contributed by atoms with van der Waals surface area (Å²) >= 11 is 0. The summed E-state index contributed by atoms with van der Waals surface area (Å²) in [7, 11) is 0. The molecule has 1 aliphatic heterocycles. The van der Waals surface area contributed by atoms with Crippen LogP contribution in [-0.4, -0.2) is 58.8 Å². The Bertz CT molecular complexity index is 1270. The molecule has 7 nitrogen and oxygen atoms in total. The first kappa shape index (κ1) is 28.6. The Kier molecular flexibility index (Phi) is 9.93. The van der Waals surface area contributed by atoms with Crippen LogP contribution in [0.2, 0.25) is 0 Å². The number of carbonyl (C=O) groups is 3. The number of amides is 1. The summed E-state index contributed by atoms with van der Waals surface area (Å²) in [6.45, 7) is 7.01. The molecule has 1 fully saturated rings. The summed E-state index contributed by atoms with van der Waals surface area (Å²) in [5.41, 5.74) is 5.38. The zero-order valence-corrected chi connectivity index (χ0v) is 23.1. The number of Topliss-reactive ketones (excluding diaryl/α,β-unsaturated/α-hetero) is 1. The van der Waals surface area contributed by atoms with Crippen molar-refractivity contribution in [1.82, 2.24) is 15.2 Å². The van der Waals surface area contributed by atoms with Crippen molar-refractivity contribution in [3.05, 3.63) is 70.9 Å². The van der Waals surface area contributed by atoms with Gasteiger partial charge in [-0.25, -0.2) is 0 Å². The second kappa shape index (κ2) is 13.6. The molecule has 5 rings (SSSR count). The second-order valence-electron chi connectivity index (χ2n) is 11.2. The third-order valence-electron chi connectivity index (χ3n) is 8.28. The van der Waals surface area contributed by atoms with Crippen LogP contribution >= 0.6 is 0 Å². The largest absolute Gasteiger partial charge is 0.483 e. The van der Waals surface area contributed by atoms with Gasteiger partial charge in [-0.2, -0.15) is 0 Å². The number of aromatic amines is 1. The smallest absolute Gasteiger partial charge is 0.290 e. The Morgan fingerprint density at radius 3 is 2.46 bits per heavy atom.